The molecule has 0 aromatic heterocycles. The van der Waals surface area contributed by atoms with Crippen LogP contribution < -0.4 is 5.32 Å². The van der Waals surface area contributed by atoms with Gasteiger partial charge in [-0.05, 0) is 38.0 Å². The molecule has 26 heavy (non-hydrogen) atoms. The summed E-state index contributed by atoms with van der Waals surface area (Å²) in [6, 6.07) is 15.3. The molecule has 2 atom stereocenters. The molecule has 134 valence electrons. The van der Waals surface area contributed by atoms with Gasteiger partial charge >= 0.3 is 0 Å². The van der Waals surface area contributed by atoms with Crippen LogP contribution in [0, 0.1) is 6.92 Å². The Hall–Kier alpha value is -2.27. The molecule has 4 rings (SSSR count). The van der Waals surface area contributed by atoms with E-state index in [1.165, 1.54) is 5.56 Å². The van der Waals surface area contributed by atoms with Gasteiger partial charge in [0.2, 0.25) is 5.91 Å². The molecule has 0 bridgehead atoms. The molecule has 4 nitrogen and oxygen atoms in total. The quantitative estimate of drug-likeness (QED) is 0.902. The van der Waals surface area contributed by atoms with E-state index in [9.17, 15) is 9.59 Å². The summed E-state index contributed by atoms with van der Waals surface area (Å²) >= 11 is 1.69. The van der Waals surface area contributed by atoms with Crippen LogP contribution in [-0.2, 0) is 11.3 Å². The van der Waals surface area contributed by atoms with Crippen LogP contribution in [0.1, 0.15) is 46.3 Å². The molecule has 0 saturated carbocycles. The molecule has 1 saturated heterocycles. The Kier molecular flexibility index (Phi) is 4.07. The highest BCUT2D eigenvalue weighted by molar-refractivity contribution is 8.01. The Labute approximate surface area is 158 Å². The number of aryl methyl sites for hydroxylation is 1. The predicted molar refractivity (Wildman–Crippen MR) is 104 cm³/mol. The van der Waals surface area contributed by atoms with Gasteiger partial charge in [0.15, 0.2) is 0 Å². The van der Waals surface area contributed by atoms with Gasteiger partial charge in [-0.1, -0.05) is 48.0 Å². The fourth-order valence-corrected chi connectivity index (χ4v) is 5.38. The van der Waals surface area contributed by atoms with Crippen molar-refractivity contribution in [3.8, 4) is 0 Å². The van der Waals surface area contributed by atoms with E-state index >= 15 is 0 Å². The molecule has 0 radical (unpaired) electrons. The van der Waals surface area contributed by atoms with Crippen molar-refractivity contribution in [3.05, 3.63) is 70.8 Å². The third-order valence-corrected chi connectivity index (χ3v) is 6.67. The van der Waals surface area contributed by atoms with Crippen molar-refractivity contribution < 1.29 is 9.59 Å². The molecule has 2 aliphatic rings. The molecule has 2 aliphatic heterocycles. The van der Waals surface area contributed by atoms with E-state index in [0.29, 0.717) is 6.54 Å². The zero-order valence-electron chi connectivity index (χ0n) is 15.2. The first-order chi connectivity index (χ1) is 12.4. The summed E-state index contributed by atoms with van der Waals surface area (Å²) in [5.41, 5.74) is 3.98. The minimum atomic E-state index is -0.483. The Morgan fingerprint density at radius 1 is 1.15 bits per heavy atom. The molecule has 2 heterocycles. The third-order valence-electron chi connectivity index (χ3n) is 5.13. The number of hydrogen-bond acceptors (Lipinski definition) is 3. The lowest BCUT2D eigenvalue weighted by Crippen LogP contribution is -2.52. The third kappa shape index (κ3) is 2.71. The number of amides is 2. The number of rotatable bonds is 3. The van der Waals surface area contributed by atoms with Crippen molar-refractivity contribution in [2.75, 3.05) is 0 Å². The van der Waals surface area contributed by atoms with Gasteiger partial charge in [0.05, 0.1) is 0 Å². The number of nitrogens with one attached hydrogen (secondary N) is 1. The van der Waals surface area contributed by atoms with Crippen molar-refractivity contribution in [1.29, 1.82) is 0 Å². The lowest BCUT2D eigenvalue weighted by molar-refractivity contribution is -0.126. The van der Waals surface area contributed by atoms with Gasteiger partial charge < -0.3 is 10.2 Å². The minimum Gasteiger partial charge on any atom is -0.350 e. The van der Waals surface area contributed by atoms with E-state index in [-0.39, 0.29) is 21.9 Å². The highest BCUT2D eigenvalue weighted by Crippen LogP contribution is 2.56. The first kappa shape index (κ1) is 17.2. The minimum absolute atomic E-state index is 0.0424. The molecular formula is C21H22N2O2S. The molecule has 0 unspecified atom stereocenters. The van der Waals surface area contributed by atoms with Crippen LogP contribution >= 0.6 is 11.8 Å². The van der Waals surface area contributed by atoms with Crippen LogP contribution in [0.2, 0.25) is 0 Å². The van der Waals surface area contributed by atoms with Crippen LogP contribution in [-0.4, -0.2) is 27.5 Å². The number of carbonyl (C=O) groups is 2. The van der Waals surface area contributed by atoms with Crippen LogP contribution in [0.5, 0.6) is 0 Å². The monoisotopic (exact) mass is 366 g/mol. The molecule has 1 N–H and O–H groups in total. The molecular weight excluding hydrogens is 344 g/mol. The van der Waals surface area contributed by atoms with Crippen LogP contribution in [0.4, 0.5) is 0 Å². The number of carbonyl (C=O) groups excluding carboxylic acids is 2. The number of nitrogens with zero attached hydrogens (tertiary/aromatic N) is 1. The van der Waals surface area contributed by atoms with Crippen molar-refractivity contribution in [3.63, 3.8) is 0 Å². The number of fused-ring (bicyclic) bond motifs is 3. The van der Waals surface area contributed by atoms with Gasteiger partial charge in [-0.25, -0.2) is 0 Å². The maximum absolute atomic E-state index is 13.0. The smallest absolute Gasteiger partial charge is 0.256 e. The fourth-order valence-electron chi connectivity index (χ4n) is 3.80. The van der Waals surface area contributed by atoms with Gasteiger partial charge in [-0.2, -0.15) is 0 Å². The molecule has 1 fully saturated rings. The molecule has 5 heteroatoms. The second-order valence-electron chi connectivity index (χ2n) is 7.48. The van der Waals surface area contributed by atoms with Crippen molar-refractivity contribution in [1.82, 2.24) is 10.2 Å². The van der Waals surface area contributed by atoms with Crippen molar-refractivity contribution in [2.24, 2.45) is 0 Å². The lowest BCUT2D eigenvalue weighted by atomic mass is 10.0. The molecule has 2 aromatic rings. The van der Waals surface area contributed by atoms with Crippen molar-refractivity contribution >= 4 is 23.6 Å². The van der Waals surface area contributed by atoms with Gasteiger partial charge in [-0.3, -0.25) is 9.59 Å². The lowest BCUT2D eigenvalue weighted by Gasteiger charge is -2.29. The molecule has 0 aliphatic carbocycles. The number of benzene rings is 2. The Morgan fingerprint density at radius 3 is 2.58 bits per heavy atom. The van der Waals surface area contributed by atoms with Gasteiger partial charge in [0.25, 0.3) is 5.91 Å². The first-order valence-corrected chi connectivity index (χ1v) is 9.69. The summed E-state index contributed by atoms with van der Waals surface area (Å²) in [5, 5.41) is 2.95. The largest absolute Gasteiger partial charge is 0.350 e. The summed E-state index contributed by atoms with van der Waals surface area (Å²) in [6.07, 6.45) is 0. The summed E-state index contributed by atoms with van der Waals surface area (Å²) in [5.74, 6) is -0.133. The second-order valence-corrected chi connectivity index (χ2v) is 9.21. The zero-order valence-corrected chi connectivity index (χ0v) is 16.0. The van der Waals surface area contributed by atoms with E-state index in [0.717, 1.165) is 16.7 Å². The van der Waals surface area contributed by atoms with Crippen LogP contribution in [0.15, 0.2) is 48.5 Å². The van der Waals surface area contributed by atoms with E-state index in [1.54, 1.807) is 16.7 Å². The van der Waals surface area contributed by atoms with E-state index in [2.05, 4.69) is 5.32 Å². The molecule has 0 spiro atoms. The van der Waals surface area contributed by atoms with E-state index < -0.39 is 6.04 Å². The highest BCUT2D eigenvalue weighted by atomic mass is 32.2. The normalized spacial score (nSPS) is 22.9. The summed E-state index contributed by atoms with van der Waals surface area (Å²) in [6.45, 7) is 6.59. The Morgan fingerprint density at radius 2 is 1.85 bits per heavy atom. The van der Waals surface area contributed by atoms with E-state index in [1.807, 2.05) is 69.3 Å². The molecule has 2 amide bonds. The SMILES string of the molecule is Cc1ccc(CNC(=O)[C@H]2N3C(=O)c4ccccc4[C@H]3SC2(C)C)cc1. The highest BCUT2D eigenvalue weighted by Gasteiger charge is 2.57. The summed E-state index contributed by atoms with van der Waals surface area (Å²) < 4.78 is -0.342. The summed E-state index contributed by atoms with van der Waals surface area (Å²) in [7, 11) is 0. The summed E-state index contributed by atoms with van der Waals surface area (Å²) in [4.78, 5) is 27.7. The maximum Gasteiger partial charge on any atom is 0.256 e. The Balaban J connectivity index is 1.56. The van der Waals surface area contributed by atoms with Crippen LogP contribution in [0.3, 0.4) is 0 Å². The second kappa shape index (κ2) is 6.16. The van der Waals surface area contributed by atoms with Crippen LogP contribution in [0.25, 0.3) is 0 Å². The number of thioether (sulfide) groups is 1. The average molecular weight is 366 g/mol. The predicted octanol–water partition coefficient (Wildman–Crippen LogP) is 3.66. The maximum atomic E-state index is 13.0. The van der Waals surface area contributed by atoms with Gasteiger partial charge in [-0.15, -0.1) is 11.8 Å². The molecule has 2 aromatic carbocycles. The van der Waals surface area contributed by atoms with Crippen molar-refractivity contribution in [2.45, 2.75) is 43.5 Å². The average Bonchev–Trinajstić information content (AvgIpc) is 3.04. The zero-order chi connectivity index (χ0) is 18.5. The van der Waals surface area contributed by atoms with Gasteiger partial charge in [0, 0.05) is 16.9 Å². The Bertz CT molecular complexity index is 876. The van der Waals surface area contributed by atoms with Gasteiger partial charge in [0.1, 0.15) is 11.4 Å². The fraction of sp³-hybridized carbons (Fsp3) is 0.333. The topological polar surface area (TPSA) is 49.4 Å². The standard InChI is InChI=1S/C21H22N2O2S/c1-13-8-10-14(11-9-13)12-22-18(24)17-21(2,3)26-20-16-7-5-4-6-15(16)19(25)23(17)20/h4-11,17,20H,12H2,1-3H3,(H,22,24)/t17-,20-/m1/s1. The number of hydrogen-bond donors (Lipinski definition) is 1. The van der Waals surface area contributed by atoms with E-state index in [4.69, 9.17) is 0 Å². The first-order valence-electron chi connectivity index (χ1n) is 8.81.